The summed E-state index contributed by atoms with van der Waals surface area (Å²) in [7, 11) is -1.39. The van der Waals surface area contributed by atoms with Crippen molar-refractivity contribution in [1.82, 2.24) is 0 Å². The Morgan fingerprint density at radius 3 is 1.25 bits per heavy atom. The summed E-state index contributed by atoms with van der Waals surface area (Å²) in [6, 6.07) is 0. The normalized spacial score (nSPS) is 45.2. The summed E-state index contributed by atoms with van der Waals surface area (Å²) in [4.78, 5) is 42.2. The third-order valence-electron chi connectivity index (χ3n) is 33.3. The quantitative estimate of drug-likeness (QED) is 0.0652. The summed E-state index contributed by atoms with van der Waals surface area (Å²) in [5.74, 6) is -4.80. The number of carbonyl (C=O) groups is 3. The molecule has 12 aliphatic heterocycles. The van der Waals surface area contributed by atoms with Crippen molar-refractivity contribution in [2.75, 3.05) is 27.4 Å². The van der Waals surface area contributed by atoms with E-state index in [1.807, 2.05) is 97.1 Å². The zero-order valence-corrected chi connectivity index (χ0v) is 93.0. The molecular formula is C108H171BNaO26Si2. The SMILES string of the molecule is CC[C@@H](C)[C@H]1O[C@]2(C=C[C@@H]1C)C[C@@H]1C[C@@H](C/C=C(\C)[C@@H](O[C@H]3C[C@H](OC)[C@@H](OC4C[C@H](C)C(=O)[C@H](C)O4)[C@H](C)O3)[C@@H](C)/C=C/C=C3\CO[C@@H]4[C@H](O[Si](C)(C)C(C)(C)C)C(C)=C[C@@H](C(=O)O1)[C@]34O)O2.CC[C@@H](C)[C@H]1O[C@]2(C=C[C@@H]1C)C[C@@H]1C[C@@H](C/C=C(\C)[C@@H](O[C@H]3C[C@H](OC)[C@@H](OC4C[C@H](C)[C@H](O)[C@H](C)O4)[C@H](C)O3)[C@@H](C)/C=C/C=C3\CO[C@@H]4[C@H](O[Si](C)(C)C(C)(C)C)C(C)=C[C@@H](C(=O)O1)[C@]34O)O2.[B].[H-].[Na+]. The van der Waals surface area contributed by atoms with Gasteiger partial charge in [0.25, 0.3) is 0 Å². The standard InChI is InChI=1S/C54H86O13Si.C54H84O13Si.B.Na.H/c2*1-16-30(2)47-33(5)22-23-53(66-47)28-40-26-39(65-53)21-20-32(4)46(63-44-27-42(58-13)49(37(9)61-44)64-43-25-34(6)45(55)36(8)60-43)31(3)18-17-19-38-29-59-50-48(67-68(14,15)52(10,11)12)35(7)24-41(51(56)62-40)54(38,50)57;;;/h17-20,22-24,30-31,33-34,36-37,39-50,55,57H,16,21,25-29H2,1-15H3;17-20,22-24,30-31,33-34,36-37,39-44,46-50,57H,16,21,25-29H2,1-15H3;;;/q;;;+1;-1/b2*18-17+,32-20+,38-19+;;;/t30-,31+,33+,34+,36+,37+,39-,40+,41+,42+,43?,44+,45+,46+,47-,48-,49+,50-,53-,54-;30-,31+,33+,34+,36+,37+,39-,40+,41+,42+,43?,44+,46+,47-,48-,49+,50-,53-,54-;;;/m11.../s1. The molecule has 2 aliphatic carbocycles. The number of ether oxygens (including phenoxy) is 18. The third-order valence-corrected chi connectivity index (χ3v) is 42.2. The summed E-state index contributed by atoms with van der Waals surface area (Å²) in [5.41, 5.74) is 1.35. The van der Waals surface area contributed by atoms with Gasteiger partial charge in [0.05, 0.1) is 98.7 Å². The summed E-state index contributed by atoms with van der Waals surface area (Å²) >= 11 is 0. The molecule has 3 N–H and O–H groups in total. The number of hydrogen-bond donors (Lipinski definition) is 3. The molecule has 771 valence electrons. The van der Waals surface area contributed by atoms with Crippen LogP contribution in [0, 0.1) is 59.2 Å². The molecule has 0 aromatic carbocycles. The molecule has 0 amide bonds. The summed E-state index contributed by atoms with van der Waals surface area (Å²) in [6.07, 6.45) is 22.8. The average molecular weight is 1980 g/mol. The van der Waals surface area contributed by atoms with Crippen molar-refractivity contribution in [1.29, 1.82) is 0 Å². The zero-order chi connectivity index (χ0) is 99.3. The van der Waals surface area contributed by atoms with Gasteiger partial charge in [-0.25, -0.2) is 0 Å². The number of aliphatic hydroxyl groups excluding tert-OH is 1. The van der Waals surface area contributed by atoms with Crippen LogP contribution in [-0.2, 0) is 108 Å². The average Bonchev–Trinajstić information content (AvgIpc) is 1.28. The Morgan fingerprint density at radius 2 is 0.877 bits per heavy atom. The molecule has 2 unspecified atom stereocenters. The first-order valence-corrected chi connectivity index (χ1v) is 57.1. The predicted octanol–water partition coefficient (Wildman–Crippen LogP) is 15.0. The van der Waals surface area contributed by atoms with E-state index in [0.717, 1.165) is 35.1 Å². The van der Waals surface area contributed by atoms with Crippen LogP contribution in [0.15, 0.2) is 119 Å². The number of Topliss-reactive ketones (excluding diaryl/α,β-unsaturated/α-hetero) is 1. The Balaban J connectivity index is 0.000000280. The van der Waals surface area contributed by atoms with E-state index in [1.54, 1.807) is 21.1 Å². The fraction of sp³-hybridized carbons (Fsp3) is 0.787. The van der Waals surface area contributed by atoms with Crippen molar-refractivity contribution in [2.45, 2.75) is 456 Å². The third kappa shape index (κ3) is 25.1. The molecule has 3 radical (unpaired) electrons. The van der Waals surface area contributed by atoms with Crippen LogP contribution < -0.4 is 29.6 Å². The van der Waals surface area contributed by atoms with Crippen molar-refractivity contribution in [3.63, 3.8) is 0 Å². The number of aliphatic hydroxyl groups is 3. The maximum atomic E-state index is 14.8. The maximum absolute atomic E-state index is 14.8. The first-order valence-electron chi connectivity index (χ1n) is 51.3. The summed E-state index contributed by atoms with van der Waals surface area (Å²) in [6.45, 7) is 59.1. The molecular weight excluding hydrogens is 1800 g/mol. The van der Waals surface area contributed by atoms with E-state index in [-0.39, 0.29) is 165 Å². The smallest absolute Gasteiger partial charge is 1.00 e. The van der Waals surface area contributed by atoms with E-state index < -0.39 is 168 Å². The topological polar surface area (TPSA) is 296 Å². The van der Waals surface area contributed by atoms with Gasteiger partial charge in [-0.3, -0.25) is 14.4 Å². The van der Waals surface area contributed by atoms with Gasteiger partial charge in [-0.1, -0.05) is 197 Å². The molecule has 39 atom stereocenters. The van der Waals surface area contributed by atoms with Gasteiger partial charge in [-0.05, 0) is 168 Å². The van der Waals surface area contributed by atoms with Crippen LogP contribution in [0.25, 0.3) is 0 Å². The molecule has 30 heteroatoms. The van der Waals surface area contributed by atoms with Crippen molar-refractivity contribution in [2.24, 2.45) is 59.2 Å². The summed E-state index contributed by atoms with van der Waals surface area (Å²) < 4.78 is 133. The van der Waals surface area contributed by atoms with Gasteiger partial charge in [0, 0.05) is 104 Å². The van der Waals surface area contributed by atoms with Crippen molar-refractivity contribution in [3.05, 3.63) is 119 Å². The van der Waals surface area contributed by atoms with E-state index in [2.05, 4.69) is 173 Å². The Labute approximate surface area is 852 Å². The second kappa shape index (κ2) is 46.6. The van der Waals surface area contributed by atoms with Crippen LogP contribution in [0.3, 0.4) is 0 Å². The molecule has 12 heterocycles. The predicted molar refractivity (Wildman–Crippen MR) is 529 cm³/mol. The zero-order valence-electron chi connectivity index (χ0n) is 90.0. The number of fused-ring (bicyclic) bond motifs is 4. The number of esters is 2. The number of carbonyl (C=O) groups excluding carboxylic acids is 3. The minimum atomic E-state index is -2.37. The summed E-state index contributed by atoms with van der Waals surface area (Å²) in [5, 5.41) is 36.7. The van der Waals surface area contributed by atoms with Crippen molar-refractivity contribution in [3.8, 4) is 0 Å². The van der Waals surface area contributed by atoms with E-state index in [0.29, 0.717) is 75.4 Å². The van der Waals surface area contributed by atoms with Crippen molar-refractivity contribution < 1.29 is 155 Å². The van der Waals surface area contributed by atoms with Crippen LogP contribution in [0.2, 0.25) is 36.3 Å². The number of methoxy groups -OCH3 is 2. The first kappa shape index (κ1) is 115. The van der Waals surface area contributed by atoms with Gasteiger partial charge >= 0.3 is 41.5 Å². The molecule has 0 aromatic rings. The minimum Gasteiger partial charge on any atom is -1.00 e. The van der Waals surface area contributed by atoms with Crippen LogP contribution in [-0.4, -0.2) is 262 Å². The fourth-order valence-electron chi connectivity index (χ4n) is 22.3. The van der Waals surface area contributed by atoms with Crippen molar-refractivity contribution >= 4 is 42.8 Å². The number of ketones is 1. The number of allylic oxidation sites excluding steroid dienone is 4. The Hall–Kier alpha value is -3.33. The molecule has 0 aromatic heterocycles. The molecule has 4 bridgehead atoms. The second-order valence-electron chi connectivity index (χ2n) is 45.8. The molecule has 14 rings (SSSR count). The van der Waals surface area contributed by atoms with Crippen LogP contribution in [0.4, 0.5) is 0 Å². The molecule has 8 saturated heterocycles. The fourth-order valence-corrected chi connectivity index (χ4v) is 24.9. The number of rotatable bonds is 18. The van der Waals surface area contributed by atoms with Crippen LogP contribution >= 0.6 is 0 Å². The molecule has 138 heavy (non-hydrogen) atoms. The van der Waals surface area contributed by atoms with Gasteiger partial charge in [0.2, 0.25) is 0 Å². The van der Waals surface area contributed by atoms with E-state index in [9.17, 15) is 29.7 Å². The van der Waals surface area contributed by atoms with Crippen LogP contribution in [0.1, 0.15) is 245 Å². The molecule has 26 nitrogen and oxygen atoms in total. The Bertz CT molecular complexity index is 4440. The number of hydrogen-bond acceptors (Lipinski definition) is 26. The second-order valence-corrected chi connectivity index (χ2v) is 55.3. The van der Waals surface area contributed by atoms with Gasteiger partial charge < -0.3 is 111 Å². The first-order chi connectivity index (χ1) is 63.8. The monoisotopic (exact) mass is 1970 g/mol. The largest absolute Gasteiger partial charge is 1.00 e. The molecule has 14 aliphatic rings. The minimum absolute atomic E-state index is 0. The van der Waals surface area contributed by atoms with Gasteiger partial charge in [-0.15, -0.1) is 0 Å². The van der Waals surface area contributed by atoms with E-state index in [4.69, 9.17) is 94.1 Å². The molecule has 0 saturated carbocycles. The molecule has 8 fully saturated rings. The van der Waals surface area contributed by atoms with Gasteiger partial charge in [-0.2, -0.15) is 0 Å². The van der Waals surface area contributed by atoms with E-state index >= 15 is 0 Å². The Morgan fingerprint density at radius 1 is 0.493 bits per heavy atom. The maximum Gasteiger partial charge on any atom is 1.00 e. The molecule has 2 spiro atoms. The van der Waals surface area contributed by atoms with Gasteiger partial charge in [0.1, 0.15) is 65.8 Å². The Kier molecular flexibility index (Phi) is 38.8. The van der Waals surface area contributed by atoms with Crippen LogP contribution in [0.5, 0.6) is 0 Å². The van der Waals surface area contributed by atoms with Gasteiger partial charge in [0.15, 0.2) is 59.2 Å². The van der Waals surface area contributed by atoms with E-state index in [1.165, 1.54) is 0 Å².